The van der Waals surface area contributed by atoms with Gasteiger partial charge in [-0.25, -0.2) is 10.1 Å². The minimum atomic E-state index is -0.468. The summed E-state index contributed by atoms with van der Waals surface area (Å²) in [4.78, 5) is 15.1. The fourth-order valence-corrected chi connectivity index (χ4v) is 4.07. The molecule has 11 heteroatoms. The summed E-state index contributed by atoms with van der Waals surface area (Å²) in [7, 11) is 2.04. The van der Waals surface area contributed by atoms with Crippen LogP contribution in [0.3, 0.4) is 0 Å². The van der Waals surface area contributed by atoms with Gasteiger partial charge in [0, 0.05) is 12.6 Å². The first kappa shape index (κ1) is 22.6. The molecular formula is C22H29N9O2. The average Bonchev–Trinajstić information content (AvgIpc) is 3.45. The molecule has 1 saturated carbocycles. The molecule has 1 fully saturated rings. The predicted molar refractivity (Wildman–Crippen MR) is 123 cm³/mol. The fraction of sp³-hybridized carbons (Fsp3) is 0.455. The molecule has 0 unspecified atom stereocenters. The van der Waals surface area contributed by atoms with Crippen LogP contribution in [0.1, 0.15) is 66.3 Å². The maximum Gasteiger partial charge on any atom is 0.293 e. The highest BCUT2D eigenvalue weighted by molar-refractivity contribution is 5.94. The number of carbonyl (C=O) groups is 1. The van der Waals surface area contributed by atoms with Crippen molar-refractivity contribution >= 4 is 17.9 Å². The molecule has 2 heterocycles. The van der Waals surface area contributed by atoms with Gasteiger partial charge in [-0.2, -0.15) is 9.78 Å². The number of carbonyl (C=O) groups excluding carboxylic acids is 1. The number of hydrogen-bond donors (Lipinski definition) is 2. The first-order chi connectivity index (χ1) is 16.1. The van der Waals surface area contributed by atoms with Crippen molar-refractivity contribution in [2.75, 3.05) is 12.8 Å². The van der Waals surface area contributed by atoms with Crippen molar-refractivity contribution in [2.45, 2.75) is 58.0 Å². The molecule has 1 aromatic carbocycles. The topological polar surface area (TPSA) is 140 Å². The van der Waals surface area contributed by atoms with Gasteiger partial charge in [0.2, 0.25) is 11.6 Å². The number of amides is 1. The van der Waals surface area contributed by atoms with Crippen molar-refractivity contribution in [3.63, 3.8) is 0 Å². The summed E-state index contributed by atoms with van der Waals surface area (Å²) in [5.41, 5.74) is 11.2. The van der Waals surface area contributed by atoms with Crippen LogP contribution in [0.25, 0.3) is 5.82 Å². The van der Waals surface area contributed by atoms with Crippen molar-refractivity contribution in [3.8, 4) is 5.82 Å². The molecule has 1 aliphatic rings. The van der Waals surface area contributed by atoms with Crippen LogP contribution < -0.4 is 11.2 Å². The Morgan fingerprint density at radius 2 is 2.03 bits per heavy atom. The van der Waals surface area contributed by atoms with Gasteiger partial charge in [0.05, 0.1) is 11.9 Å². The van der Waals surface area contributed by atoms with Crippen LogP contribution in [-0.4, -0.2) is 55.4 Å². The number of aromatic nitrogens is 5. The van der Waals surface area contributed by atoms with Crippen molar-refractivity contribution < 1.29 is 9.42 Å². The van der Waals surface area contributed by atoms with E-state index in [9.17, 15) is 4.79 Å². The van der Waals surface area contributed by atoms with Crippen molar-refractivity contribution in [3.05, 3.63) is 46.8 Å². The Bertz CT molecular complexity index is 1100. The molecule has 11 nitrogen and oxygen atoms in total. The van der Waals surface area contributed by atoms with E-state index in [1.54, 1.807) is 6.21 Å². The van der Waals surface area contributed by atoms with Gasteiger partial charge < -0.3 is 5.73 Å². The summed E-state index contributed by atoms with van der Waals surface area (Å²) < 4.78 is 6.13. The third kappa shape index (κ3) is 5.25. The van der Waals surface area contributed by atoms with Gasteiger partial charge in [-0.1, -0.05) is 55.7 Å². The van der Waals surface area contributed by atoms with Gasteiger partial charge in [0.1, 0.15) is 0 Å². The van der Waals surface area contributed by atoms with E-state index in [4.69, 9.17) is 10.4 Å². The highest BCUT2D eigenvalue weighted by Crippen LogP contribution is 2.24. The Morgan fingerprint density at radius 1 is 1.27 bits per heavy atom. The highest BCUT2D eigenvalue weighted by Gasteiger charge is 2.27. The molecule has 0 saturated heterocycles. The number of nitrogen functional groups attached to an aromatic ring is 1. The Morgan fingerprint density at radius 3 is 2.70 bits per heavy atom. The molecule has 2 aromatic heterocycles. The van der Waals surface area contributed by atoms with Crippen LogP contribution in [0, 0.1) is 0 Å². The largest absolute Gasteiger partial charge is 0.378 e. The molecular weight excluding hydrogens is 422 g/mol. The molecule has 1 amide bonds. The zero-order chi connectivity index (χ0) is 23.2. The van der Waals surface area contributed by atoms with E-state index in [2.05, 4.69) is 43.0 Å². The summed E-state index contributed by atoms with van der Waals surface area (Å²) in [6.07, 6.45) is 8.46. The van der Waals surface area contributed by atoms with E-state index in [1.807, 2.05) is 31.3 Å². The van der Waals surface area contributed by atoms with Crippen LogP contribution >= 0.6 is 0 Å². The maximum atomic E-state index is 12.9. The lowest BCUT2D eigenvalue weighted by Gasteiger charge is -2.31. The Hall–Kier alpha value is -3.60. The van der Waals surface area contributed by atoms with Gasteiger partial charge in [-0.05, 0) is 47.8 Å². The second-order valence-corrected chi connectivity index (χ2v) is 8.27. The number of aryl methyl sites for hydroxylation is 1. The Balaban J connectivity index is 1.54. The van der Waals surface area contributed by atoms with Crippen LogP contribution in [0.2, 0.25) is 0 Å². The number of anilines is 1. The standard InChI is InChI=1S/C22H29N9O2/c1-3-15-9-11-16(12-10-15)13-24-26-22(32)19-18(14-30(2)17-7-5-4-6-8-17)31(29-25-19)21-20(23)27-33-28-21/h9-13,17H,3-8,14H2,1-2H3,(H2,23,27)(H,26,32)/b24-13-. The first-order valence-electron chi connectivity index (χ1n) is 11.2. The predicted octanol–water partition coefficient (Wildman–Crippen LogP) is 2.32. The molecule has 0 atom stereocenters. The molecule has 1 aliphatic carbocycles. The van der Waals surface area contributed by atoms with Gasteiger partial charge in [0.15, 0.2) is 5.69 Å². The molecule has 174 valence electrons. The van der Waals surface area contributed by atoms with Crippen LogP contribution in [0.4, 0.5) is 5.82 Å². The second-order valence-electron chi connectivity index (χ2n) is 8.27. The Labute approximate surface area is 192 Å². The minimum absolute atomic E-state index is 0.0713. The molecule has 0 aliphatic heterocycles. The van der Waals surface area contributed by atoms with E-state index >= 15 is 0 Å². The van der Waals surface area contributed by atoms with Gasteiger partial charge in [-0.3, -0.25) is 9.69 Å². The molecule has 3 aromatic rings. The SMILES string of the molecule is CCc1ccc(/C=N\NC(=O)c2nnn(-c3nonc3N)c2CN(C)C2CCCCC2)cc1. The second kappa shape index (κ2) is 10.3. The molecule has 0 bridgehead atoms. The minimum Gasteiger partial charge on any atom is -0.378 e. The lowest BCUT2D eigenvalue weighted by molar-refractivity contribution is 0.0947. The van der Waals surface area contributed by atoms with E-state index < -0.39 is 5.91 Å². The lowest BCUT2D eigenvalue weighted by atomic mass is 9.94. The van der Waals surface area contributed by atoms with E-state index in [0.29, 0.717) is 18.3 Å². The van der Waals surface area contributed by atoms with Crippen molar-refractivity contribution in [2.24, 2.45) is 5.10 Å². The van der Waals surface area contributed by atoms with Gasteiger partial charge >= 0.3 is 0 Å². The number of nitrogens with two attached hydrogens (primary N) is 1. The first-order valence-corrected chi connectivity index (χ1v) is 11.2. The molecule has 3 N–H and O–H groups in total. The van der Waals surface area contributed by atoms with Crippen molar-refractivity contribution in [1.82, 2.24) is 35.6 Å². The van der Waals surface area contributed by atoms with Crippen LogP contribution in [0.5, 0.6) is 0 Å². The third-order valence-corrected chi connectivity index (χ3v) is 6.04. The molecule has 0 spiro atoms. The number of nitrogens with one attached hydrogen (secondary N) is 1. The molecule has 0 radical (unpaired) electrons. The van der Waals surface area contributed by atoms with E-state index in [-0.39, 0.29) is 17.3 Å². The molecule has 33 heavy (non-hydrogen) atoms. The zero-order valence-corrected chi connectivity index (χ0v) is 18.9. The zero-order valence-electron chi connectivity index (χ0n) is 18.9. The summed E-state index contributed by atoms with van der Waals surface area (Å²) in [5, 5.41) is 19.7. The fourth-order valence-electron chi connectivity index (χ4n) is 4.07. The summed E-state index contributed by atoms with van der Waals surface area (Å²) in [6, 6.07) is 8.40. The van der Waals surface area contributed by atoms with E-state index in [1.165, 1.54) is 29.5 Å². The third-order valence-electron chi connectivity index (χ3n) is 6.04. The number of benzene rings is 1. The number of hydrazone groups is 1. The number of nitrogens with zero attached hydrogens (tertiary/aromatic N) is 7. The normalized spacial score (nSPS) is 14.9. The van der Waals surface area contributed by atoms with Gasteiger partial charge in [0.25, 0.3) is 5.91 Å². The van der Waals surface area contributed by atoms with Gasteiger partial charge in [-0.15, -0.1) is 5.10 Å². The number of rotatable bonds is 8. The summed E-state index contributed by atoms with van der Waals surface area (Å²) in [6.45, 7) is 2.54. The van der Waals surface area contributed by atoms with Crippen LogP contribution in [-0.2, 0) is 13.0 Å². The monoisotopic (exact) mass is 451 g/mol. The Kier molecular flexibility index (Phi) is 7.08. The summed E-state index contributed by atoms with van der Waals surface area (Å²) in [5.74, 6) is -0.195. The van der Waals surface area contributed by atoms with Crippen molar-refractivity contribution in [1.29, 1.82) is 0 Å². The number of hydrogen-bond acceptors (Lipinski definition) is 9. The molecule has 4 rings (SSSR count). The highest BCUT2D eigenvalue weighted by atomic mass is 16.6. The smallest absolute Gasteiger partial charge is 0.293 e. The van der Waals surface area contributed by atoms with E-state index in [0.717, 1.165) is 24.8 Å². The maximum absolute atomic E-state index is 12.9. The average molecular weight is 452 g/mol. The summed E-state index contributed by atoms with van der Waals surface area (Å²) >= 11 is 0. The van der Waals surface area contributed by atoms with Crippen LogP contribution in [0.15, 0.2) is 34.0 Å². The lowest BCUT2D eigenvalue weighted by Crippen LogP contribution is -2.34. The quantitative estimate of drug-likeness (QED) is 0.393.